The first kappa shape index (κ1) is 20.3. The predicted molar refractivity (Wildman–Crippen MR) is 117 cm³/mol. The second kappa shape index (κ2) is 8.81. The number of morpholine rings is 1. The van der Waals surface area contributed by atoms with E-state index >= 15 is 0 Å². The van der Waals surface area contributed by atoms with Crippen molar-refractivity contribution in [1.82, 2.24) is 15.0 Å². The third kappa shape index (κ3) is 4.95. The van der Waals surface area contributed by atoms with Gasteiger partial charge in [0.1, 0.15) is 5.82 Å². The molecule has 156 valence electrons. The number of halogens is 2. The Balaban J connectivity index is 1.67. The molecule has 0 aliphatic carbocycles. The van der Waals surface area contributed by atoms with Gasteiger partial charge in [-0.2, -0.15) is 15.0 Å². The maximum absolute atomic E-state index is 13.5. The van der Waals surface area contributed by atoms with Gasteiger partial charge in [-0.15, -0.1) is 0 Å². The lowest BCUT2D eigenvalue weighted by molar-refractivity contribution is 0.122. The van der Waals surface area contributed by atoms with Gasteiger partial charge in [0.2, 0.25) is 17.8 Å². The van der Waals surface area contributed by atoms with Crippen LogP contribution in [0.4, 0.5) is 33.6 Å². The number of hydrogen-bond acceptors (Lipinski definition) is 7. The van der Waals surface area contributed by atoms with Crippen LogP contribution >= 0.6 is 11.6 Å². The maximum Gasteiger partial charge on any atom is 0.233 e. The lowest BCUT2D eigenvalue weighted by Gasteiger charge is -2.27. The van der Waals surface area contributed by atoms with Gasteiger partial charge < -0.3 is 20.3 Å². The molecule has 9 heteroatoms. The maximum atomic E-state index is 13.5. The van der Waals surface area contributed by atoms with Crippen molar-refractivity contribution in [3.8, 4) is 0 Å². The summed E-state index contributed by atoms with van der Waals surface area (Å²) in [5.41, 5.74) is 3.75. The lowest BCUT2D eigenvalue weighted by atomic mass is 10.1. The number of rotatable bonds is 5. The van der Waals surface area contributed by atoms with Crippen LogP contribution in [0.25, 0.3) is 0 Å². The zero-order valence-electron chi connectivity index (χ0n) is 16.7. The minimum absolute atomic E-state index is 0.0241. The summed E-state index contributed by atoms with van der Waals surface area (Å²) >= 11 is 5.90. The molecule has 0 radical (unpaired) electrons. The zero-order valence-corrected chi connectivity index (χ0v) is 17.5. The highest BCUT2D eigenvalue weighted by atomic mass is 35.5. The third-order valence-electron chi connectivity index (χ3n) is 4.57. The number of nitrogens with one attached hydrogen (secondary N) is 2. The molecule has 0 unspecified atom stereocenters. The van der Waals surface area contributed by atoms with Crippen molar-refractivity contribution in [2.45, 2.75) is 13.8 Å². The van der Waals surface area contributed by atoms with Crippen LogP contribution in [0.15, 0.2) is 36.4 Å². The van der Waals surface area contributed by atoms with E-state index < -0.39 is 5.82 Å². The fourth-order valence-corrected chi connectivity index (χ4v) is 3.44. The highest BCUT2D eigenvalue weighted by Gasteiger charge is 2.17. The molecular formula is C21H22ClFN6O. The van der Waals surface area contributed by atoms with Gasteiger partial charge in [-0.25, -0.2) is 4.39 Å². The molecule has 7 nitrogen and oxygen atoms in total. The normalized spacial score (nSPS) is 13.9. The Morgan fingerprint density at radius 3 is 2.17 bits per heavy atom. The molecule has 2 N–H and O–H groups in total. The molecule has 0 saturated carbocycles. The Bertz CT molecular complexity index is 1040. The summed E-state index contributed by atoms with van der Waals surface area (Å²) in [6.45, 7) is 6.68. The number of aryl methyl sites for hydroxylation is 2. The monoisotopic (exact) mass is 428 g/mol. The highest BCUT2D eigenvalue weighted by molar-refractivity contribution is 6.31. The number of aromatic nitrogens is 3. The molecule has 0 bridgehead atoms. The van der Waals surface area contributed by atoms with Crippen molar-refractivity contribution in [2.24, 2.45) is 0 Å². The zero-order chi connectivity index (χ0) is 21.1. The topological polar surface area (TPSA) is 75.2 Å². The van der Waals surface area contributed by atoms with Gasteiger partial charge in [0.05, 0.1) is 18.2 Å². The molecule has 0 spiro atoms. The average Bonchev–Trinajstić information content (AvgIpc) is 2.70. The van der Waals surface area contributed by atoms with Crippen molar-refractivity contribution < 1.29 is 9.13 Å². The summed E-state index contributed by atoms with van der Waals surface area (Å²) in [5.74, 6) is 0.799. The lowest BCUT2D eigenvalue weighted by Crippen LogP contribution is -2.37. The first-order chi connectivity index (χ1) is 14.5. The summed E-state index contributed by atoms with van der Waals surface area (Å²) < 4.78 is 18.9. The Labute approximate surface area is 179 Å². The number of hydrogen-bond donors (Lipinski definition) is 2. The molecule has 0 amide bonds. The summed E-state index contributed by atoms with van der Waals surface area (Å²) in [4.78, 5) is 15.7. The quantitative estimate of drug-likeness (QED) is 0.614. The van der Waals surface area contributed by atoms with Crippen LogP contribution in [0.2, 0.25) is 5.02 Å². The molecule has 2 heterocycles. The number of benzene rings is 2. The smallest absolute Gasteiger partial charge is 0.233 e. The van der Waals surface area contributed by atoms with E-state index in [1.807, 2.05) is 30.9 Å². The summed E-state index contributed by atoms with van der Waals surface area (Å²) in [7, 11) is 0. The van der Waals surface area contributed by atoms with Crippen LogP contribution in [-0.2, 0) is 4.74 Å². The molecular weight excluding hydrogens is 407 g/mol. The van der Waals surface area contributed by atoms with Crippen molar-refractivity contribution in [3.63, 3.8) is 0 Å². The van der Waals surface area contributed by atoms with Gasteiger partial charge in [0.15, 0.2) is 0 Å². The van der Waals surface area contributed by atoms with E-state index in [0.717, 1.165) is 16.8 Å². The Hall–Kier alpha value is -2.97. The van der Waals surface area contributed by atoms with Gasteiger partial charge in [0.25, 0.3) is 0 Å². The first-order valence-corrected chi connectivity index (χ1v) is 10.0. The van der Waals surface area contributed by atoms with Crippen molar-refractivity contribution in [3.05, 3.63) is 58.4 Å². The molecule has 1 fully saturated rings. The standard InChI is InChI=1S/C21H22ClFN6O/c1-13-9-14(2)11-16(10-13)25-20-26-19(24-15-3-4-18(23)17(22)12-15)27-21(28-20)29-5-7-30-8-6-29/h3-4,9-12H,5-8H2,1-2H3,(H2,24,25,26,27,28). The minimum atomic E-state index is -0.482. The van der Waals surface area contributed by atoms with Gasteiger partial charge >= 0.3 is 0 Å². The molecule has 1 aliphatic rings. The highest BCUT2D eigenvalue weighted by Crippen LogP contribution is 2.24. The van der Waals surface area contributed by atoms with Gasteiger partial charge in [-0.3, -0.25) is 0 Å². The predicted octanol–water partition coefficient (Wildman–Crippen LogP) is 4.60. The summed E-state index contributed by atoms with van der Waals surface area (Å²) in [6.07, 6.45) is 0. The minimum Gasteiger partial charge on any atom is -0.378 e. The van der Waals surface area contributed by atoms with E-state index in [0.29, 0.717) is 49.8 Å². The van der Waals surface area contributed by atoms with Gasteiger partial charge in [0, 0.05) is 24.5 Å². The van der Waals surface area contributed by atoms with Crippen LogP contribution in [0.5, 0.6) is 0 Å². The van der Waals surface area contributed by atoms with Crippen LogP contribution in [0.3, 0.4) is 0 Å². The Morgan fingerprint density at radius 2 is 1.53 bits per heavy atom. The van der Waals surface area contributed by atoms with Crippen LogP contribution < -0.4 is 15.5 Å². The number of nitrogens with zero attached hydrogens (tertiary/aromatic N) is 4. The number of ether oxygens (including phenoxy) is 1. The summed E-state index contributed by atoms with van der Waals surface area (Å²) in [5, 5.41) is 6.38. The largest absolute Gasteiger partial charge is 0.378 e. The van der Waals surface area contributed by atoms with Gasteiger partial charge in [-0.05, 0) is 55.3 Å². The van der Waals surface area contributed by atoms with Gasteiger partial charge in [-0.1, -0.05) is 17.7 Å². The van der Waals surface area contributed by atoms with Crippen molar-refractivity contribution in [1.29, 1.82) is 0 Å². The third-order valence-corrected chi connectivity index (χ3v) is 4.86. The van der Waals surface area contributed by atoms with E-state index in [2.05, 4.69) is 31.7 Å². The fourth-order valence-electron chi connectivity index (χ4n) is 3.26. The second-order valence-electron chi connectivity index (χ2n) is 7.14. The molecule has 30 heavy (non-hydrogen) atoms. The average molecular weight is 429 g/mol. The van der Waals surface area contributed by atoms with Crippen LogP contribution in [0, 0.1) is 19.7 Å². The van der Waals surface area contributed by atoms with Crippen molar-refractivity contribution in [2.75, 3.05) is 41.8 Å². The van der Waals surface area contributed by atoms with Crippen LogP contribution in [-0.4, -0.2) is 41.3 Å². The van der Waals surface area contributed by atoms with E-state index in [9.17, 15) is 4.39 Å². The molecule has 3 aromatic rings. The molecule has 1 aliphatic heterocycles. The second-order valence-corrected chi connectivity index (χ2v) is 7.54. The molecule has 1 aromatic heterocycles. The molecule has 4 rings (SSSR count). The first-order valence-electron chi connectivity index (χ1n) is 9.62. The van der Waals surface area contributed by atoms with E-state index in [1.165, 1.54) is 12.1 Å². The molecule has 2 aromatic carbocycles. The van der Waals surface area contributed by atoms with E-state index in [4.69, 9.17) is 16.3 Å². The van der Waals surface area contributed by atoms with Crippen LogP contribution in [0.1, 0.15) is 11.1 Å². The molecule has 1 saturated heterocycles. The van der Waals surface area contributed by atoms with E-state index in [1.54, 1.807) is 6.07 Å². The molecule has 0 atom stereocenters. The van der Waals surface area contributed by atoms with Crippen molar-refractivity contribution >= 4 is 40.8 Å². The van der Waals surface area contributed by atoms with E-state index in [-0.39, 0.29) is 5.02 Å². The fraction of sp³-hybridized carbons (Fsp3) is 0.286. The Kier molecular flexibility index (Phi) is 5.96. The summed E-state index contributed by atoms with van der Waals surface area (Å²) in [6, 6.07) is 10.5. The Morgan fingerprint density at radius 1 is 0.900 bits per heavy atom. The SMILES string of the molecule is Cc1cc(C)cc(Nc2nc(Nc3ccc(F)c(Cl)c3)nc(N3CCOCC3)n2)c1. The number of anilines is 5.